The number of nitrogens with zero attached hydrogens (tertiary/aromatic N) is 3. The van der Waals surface area contributed by atoms with Crippen molar-refractivity contribution in [2.24, 2.45) is 5.92 Å². The van der Waals surface area contributed by atoms with Gasteiger partial charge in [-0.3, -0.25) is 0 Å². The number of rotatable bonds is 5. The first kappa shape index (κ1) is 11.6. The number of hydrogen-bond acceptors (Lipinski definition) is 3. The largest absolute Gasteiger partial charge is 0.310 e. The fraction of sp³-hybridized carbons (Fsp3) is 0.833. The Bertz CT molecular complexity index is 302. The van der Waals surface area contributed by atoms with Crippen LogP contribution in [0.3, 0.4) is 0 Å². The Hall–Kier alpha value is -0.900. The van der Waals surface area contributed by atoms with Gasteiger partial charge in [0.15, 0.2) is 0 Å². The van der Waals surface area contributed by atoms with Crippen LogP contribution in [0.15, 0.2) is 6.33 Å². The summed E-state index contributed by atoms with van der Waals surface area (Å²) in [6, 6.07) is 0. The molecule has 0 atom stereocenters. The van der Waals surface area contributed by atoms with Gasteiger partial charge < -0.3 is 5.32 Å². The molecule has 16 heavy (non-hydrogen) atoms. The molecule has 1 saturated carbocycles. The molecule has 1 aromatic heterocycles. The van der Waals surface area contributed by atoms with Crippen molar-refractivity contribution in [2.75, 3.05) is 6.54 Å². The van der Waals surface area contributed by atoms with Gasteiger partial charge in [-0.25, -0.2) is 9.67 Å². The Morgan fingerprint density at radius 1 is 1.38 bits per heavy atom. The lowest BCUT2D eigenvalue weighted by Crippen LogP contribution is -2.25. The number of aromatic nitrogens is 3. The van der Waals surface area contributed by atoms with Crippen molar-refractivity contribution in [1.29, 1.82) is 0 Å². The summed E-state index contributed by atoms with van der Waals surface area (Å²) in [4.78, 5) is 4.26. The molecule has 1 heterocycles. The third kappa shape index (κ3) is 3.04. The first-order valence-electron chi connectivity index (χ1n) is 6.47. The molecular formula is C12H22N4. The Morgan fingerprint density at radius 3 is 2.94 bits per heavy atom. The maximum absolute atomic E-state index is 4.26. The minimum Gasteiger partial charge on any atom is -0.310 e. The van der Waals surface area contributed by atoms with Gasteiger partial charge in [0, 0.05) is 6.54 Å². The molecule has 1 aliphatic rings. The van der Waals surface area contributed by atoms with Crippen molar-refractivity contribution >= 4 is 0 Å². The highest BCUT2D eigenvalue weighted by molar-refractivity contribution is 4.83. The number of nitrogens with one attached hydrogen (secondary N) is 1. The zero-order valence-corrected chi connectivity index (χ0v) is 10.2. The van der Waals surface area contributed by atoms with Crippen LogP contribution in [0.1, 0.15) is 44.9 Å². The van der Waals surface area contributed by atoms with E-state index in [4.69, 9.17) is 0 Å². The minimum absolute atomic E-state index is 0.852. The standard InChI is InChI=1S/C12H22N4/c1-2-16-12(14-10-15-16)9-13-8-11-6-4-3-5-7-11/h10-11,13H,2-9H2,1H3. The topological polar surface area (TPSA) is 42.7 Å². The molecule has 2 rings (SSSR count). The molecule has 0 saturated heterocycles. The Balaban J connectivity index is 1.71. The molecule has 0 aromatic carbocycles. The van der Waals surface area contributed by atoms with Crippen LogP contribution in [0.25, 0.3) is 0 Å². The lowest BCUT2D eigenvalue weighted by atomic mass is 9.89. The van der Waals surface area contributed by atoms with E-state index in [1.807, 2.05) is 4.68 Å². The van der Waals surface area contributed by atoms with Gasteiger partial charge in [0.1, 0.15) is 12.2 Å². The van der Waals surface area contributed by atoms with Gasteiger partial charge in [-0.15, -0.1) is 0 Å². The van der Waals surface area contributed by atoms with Gasteiger partial charge in [-0.1, -0.05) is 19.3 Å². The molecule has 1 aliphatic carbocycles. The van der Waals surface area contributed by atoms with E-state index in [2.05, 4.69) is 22.3 Å². The second-order valence-corrected chi connectivity index (χ2v) is 4.63. The summed E-state index contributed by atoms with van der Waals surface area (Å²) < 4.78 is 1.95. The van der Waals surface area contributed by atoms with E-state index in [1.54, 1.807) is 6.33 Å². The monoisotopic (exact) mass is 222 g/mol. The molecule has 0 unspecified atom stereocenters. The third-order valence-corrected chi connectivity index (χ3v) is 3.44. The molecule has 1 aromatic rings. The Labute approximate surface area is 97.5 Å². The summed E-state index contributed by atoms with van der Waals surface area (Å²) in [5.74, 6) is 1.94. The first-order valence-corrected chi connectivity index (χ1v) is 6.47. The van der Waals surface area contributed by atoms with Crippen molar-refractivity contribution < 1.29 is 0 Å². The van der Waals surface area contributed by atoms with Crippen LogP contribution in [-0.2, 0) is 13.1 Å². The quantitative estimate of drug-likeness (QED) is 0.828. The van der Waals surface area contributed by atoms with Gasteiger partial charge >= 0.3 is 0 Å². The zero-order chi connectivity index (χ0) is 11.2. The van der Waals surface area contributed by atoms with E-state index in [0.29, 0.717) is 0 Å². The highest BCUT2D eigenvalue weighted by atomic mass is 15.3. The highest BCUT2D eigenvalue weighted by Crippen LogP contribution is 2.22. The van der Waals surface area contributed by atoms with Crippen molar-refractivity contribution in [1.82, 2.24) is 20.1 Å². The van der Waals surface area contributed by atoms with Crippen molar-refractivity contribution in [3.63, 3.8) is 0 Å². The normalized spacial score (nSPS) is 17.8. The first-order chi connectivity index (χ1) is 7.90. The van der Waals surface area contributed by atoms with Crippen LogP contribution in [0, 0.1) is 5.92 Å². The molecule has 0 amide bonds. The average Bonchev–Trinajstić information content (AvgIpc) is 2.78. The van der Waals surface area contributed by atoms with Crippen molar-refractivity contribution in [2.45, 2.75) is 52.1 Å². The second kappa shape index (κ2) is 5.99. The van der Waals surface area contributed by atoms with Gasteiger partial charge in [0.25, 0.3) is 0 Å². The maximum atomic E-state index is 4.26. The summed E-state index contributed by atoms with van der Waals surface area (Å²) in [6.07, 6.45) is 8.69. The molecule has 0 radical (unpaired) electrons. The van der Waals surface area contributed by atoms with Crippen LogP contribution >= 0.6 is 0 Å². The average molecular weight is 222 g/mol. The lowest BCUT2D eigenvalue weighted by Gasteiger charge is -2.21. The van der Waals surface area contributed by atoms with Gasteiger partial charge in [-0.2, -0.15) is 5.10 Å². The minimum atomic E-state index is 0.852. The SMILES string of the molecule is CCn1ncnc1CNCC1CCCCC1. The van der Waals surface area contributed by atoms with Crippen molar-refractivity contribution in [3.05, 3.63) is 12.2 Å². The summed E-state index contributed by atoms with van der Waals surface area (Å²) in [5.41, 5.74) is 0. The summed E-state index contributed by atoms with van der Waals surface area (Å²) >= 11 is 0. The van der Waals surface area contributed by atoms with Crippen LogP contribution in [0.2, 0.25) is 0 Å². The van der Waals surface area contributed by atoms with Crippen LogP contribution in [-0.4, -0.2) is 21.3 Å². The number of hydrogen-bond donors (Lipinski definition) is 1. The summed E-state index contributed by atoms with van der Waals surface area (Å²) in [6.45, 7) is 4.99. The molecule has 0 bridgehead atoms. The molecule has 1 fully saturated rings. The summed E-state index contributed by atoms with van der Waals surface area (Å²) in [5, 5.41) is 7.67. The van der Waals surface area contributed by atoms with Gasteiger partial charge in [-0.05, 0) is 32.2 Å². The molecule has 0 spiro atoms. The van der Waals surface area contributed by atoms with E-state index in [9.17, 15) is 0 Å². The van der Waals surface area contributed by atoms with Gasteiger partial charge in [0.2, 0.25) is 0 Å². The molecule has 0 aliphatic heterocycles. The highest BCUT2D eigenvalue weighted by Gasteiger charge is 2.13. The number of aryl methyl sites for hydroxylation is 1. The van der Waals surface area contributed by atoms with E-state index >= 15 is 0 Å². The Kier molecular flexibility index (Phi) is 4.34. The predicted molar refractivity (Wildman–Crippen MR) is 64.0 cm³/mol. The molecular weight excluding hydrogens is 200 g/mol. The van der Waals surface area contributed by atoms with Crippen LogP contribution in [0.5, 0.6) is 0 Å². The maximum Gasteiger partial charge on any atom is 0.140 e. The lowest BCUT2D eigenvalue weighted by molar-refractivity contribution is 0.339. The smallest absolute Gasteiger partial charge is 0.140 e. The molecule has 90 valence electrons. The predicted octanol–water partition coefficient (Wildman–Crippen LogP) is 1.97. The fourth-order valence-corrected chi connectivity index (χ4v) is 2.47. The second-order valence-electron chi connectivity index (χ2n) is 4.63. The van der Waals surface area contributed by atoms with E-state index < -0.39 is 0 Å². The zero-order valence-electron chi connectivity index (χ0n) is 10.2. The van der Waals surface area contributed by atoms with E-state index in [0.717, 1.165) is 31.4 Å². The molecule has 4 nitrogen and oxygen atoms in total. The van der Waals surface area contributed by atoms with E-state index in [1.165, 1.54) is 32.1 Å². The Morgan fingerprint density at radius 2 is 2.19 bits per heavy atom. The van der Waals surface area contributed by atoms with Gasteiger partial charge in [0.05, 0.1) is 6.54 Å². The third-order valence-electron chi connectivity index (χ3n) is 3.44. The fourth-order valence-electron chi connectivity index (χ4n) is 2.47. The van der Waals surface area contributed by atoms with Crippen LogP contribution in [0.4, 0.5) is 0 Å². The molecule has 4 heteroatoms. The van der Waals surface area contributed by atoms with E-state index in [-0.39, 0.29) is 0 Å². The summed E-state index contributed by atoms with van der Waals surface area (Å²) in [7, 11) is 0. The van der Waals surface area contributed by atoms with Crippen molar-refractivity contribution in [3.8, 4) is 0 Å². The molecule has 1 N–H and O–H groups in total. The van der Waals surface area contributed by atoms with Crippen LogP contribution < -0.4 is 5.32 Å².